The summed E-state index contributed by atoms with van der Waals surface area (Å²) in [4.78, 5) is 19.6. The molecule has 0 saturated heterocycles. The summed E-state index contributed by atoms with van der Waals surface area (Å²) in [5.74, 6) is 0.231. The Morgan fingerprint density at radius 2 is 2.21 bits per heavy atom. The van der Waals surface area contributed by atoms with E-state index in [0.717, 1.165) is 4.47 Å². The van der Waals surface area contributed by atoms with E-state index in [1.165, 1.54) is 12.4 Å². The lowest BCUT2D eigenvalue weighted by Crippen LogP contribution is -2.14. The van der Waals surface area contributed by atoms with Crippen molar-refractivity contribution in [2.24, 2.45) is 0 Å². The van der Waals surface area contributed by atoms with Crippen LogP contribution in [0.4, 0.5) is 5.69 Å². The monoisotopic (exact) mass is 341 g/mol. The molecule has 1 heterocycles. The van der Waals surface area contributed by atoms with Gasteiger partial charge in [0.2, 0.25) is 0 Å². The summed E-state index contributed by atoms with van der Waals surface area (Å²) in [7, 11) is 1.55. The maximum atomic E-state index is 11.9. The van der Waals surface area contributed by atoms with E-state index in [0.29, 0.717) is 11.4 Å². The molecule has 0 atom stereocenters. The first kappa shape index (κ1) is 13.8. The average Bonchev–Trinajstić information content (AvgIpc) is 2.41. The van der Waals surface area contributed by atoms with Gasteiger partial charge >= 0.3 is 0 Å². The normalized spacial score (nSPS) is 10.1. The first-order chi connectivity index (χ1) is 9.10. The van der Waals surface area contributed by atoms with Crippen LogP contribution in [0.3, 0.4) is 0 Å². The summed E-state index contributed by atoms with van der Waals surface area (Å²) in [6.07, 6.45) is 2.71. The number of carbonyl (C=O) groups excluding carboxylic acids is 1. The number of rotatable bonds is 3. The lowest BCUT2D eigenvalue weighted by Gasteiger charge is -2.08. The van der Waals surface area contributed by atoms with Crippen molar-refractivity contribution in [3.8, 4) is 5.75 Å². The van der Waals surface area contributed by atoms with E-state index in [9.17, 15) is 4.79 Å². The van der Waals surface area contributed by atoms with Crippen molar-refractivity contribution >= 4 is 39.1 Å². The molecule has 0 bridgehead atoms. The van der Waals surface area contributed by atoms with Crippen LogP contribution in [0, 0.1) is 0 Å². The Hall–Kier alpha value is -1.66. The Balaban J connectivity index is 2.19. The van der Waals surface area contributed by atoms with Gasteiger partial charge in [0.25, 0.3) is 5.91 Å². The highest BCUT2D eigenvalue weighted by Gasteiger charge is 2.10. The van der Waals surface area contributed by atoms with Crippen molar-refractivity contribution in [1.29, 1.82) is 0 Å². The van der Waals surface area contributed by atoms with E-state index < -0.39 is 0 Å². The molecule has 0 fully saturated rings. The molecular formula is C12H9BrClN3O2. The van der Waals surface area contributed by atoms with Gasteiger partial charge in [0.05, 0.1) is 24.0 Å². The summed E-state index contributed by atoms with van der Waals surface area (Å²) in [6, 6.07) is 5.21. The second kappa shape index (κ2) is 5.99. The van der Waals surface area contributed by atoms with Crippen LogP contribution >= 0.6 is 27.5 Å². The first-order valence-electron chi connectivity index (χ1n) is 5.22. The number of hydrogen-bond acceptors (Lipinski definition) is 4. The number of anilines is 1. The van der Waals surface area contributed by atoms with Crippen LogP contribution in [0.2, 0.25) is 5.15 Å². The van der Waals surface area contributed by atoms with Gasteiger partial charge in [0.1, 0.15) is 16.6 Å². The number of carbonyl (C=O) groups is 1. The first-order valence-corrected chi connectivity index (χ1v) is 6.39. The van der Waals surface area contributed by atoms with Crippen molar-refractivity contribution in [1.82, 2.24) is 9.97 Å². The third-order valence-corrected chi connectivity index (χ3v) is 3.08. The van der Waals surface area contributed by atoms with Gasteiger partial charge < -0.3 is 10.1 Å². The number of nitrogens with zero attached hydrogens (tertiary/aromatic N) is 2. The highest BCUT2D eigenvalue weighted by atomic mass is 79.9. The molecule has 0 saturated carbocycles. The number of aromatic nitrogens is 2. The minimum absolute atomic E-state index is 0.148. The van der Waals surface area contributed by atoms with Gasteiger partial charge in [-0.3, -0.25) is 9.78 Å². The van der Waals surface area contributed by atoms with E-state index in [1.54, 1.807) is 25.3 Å². The molecule has 0 aliphatic heterocycles. The molecule has 0 aliphatic rings. The Morgan fingerprint density at radius 3 is 2.89 bits per heavy atom. The topological polar surface area (TPSA) is 64.1 Å². The van der Waals surface area contributed by atoms with E-state index in [4.69, 9.17) is 16.3 Å². The number of nitrogens with one attached hydrogen (secondary N) is 1. The van der Waals surface area contributed by atoms with E-state index in [1.807, 2.05) is 0 Å². The second-order valence-corrected chi connectivity index (χ2v) is 4.77. The van der Waals surface area contributed by atoms with Crippen molar-refractivity contribution in [2.75, 3.05) is 12.4 Å². The Labute approximate surface area is 123 Å². The quantitative estimate of drug-likeness (QED) is 0.930. The fourth-order valence-corrected chi connectivity index (χ4v) is 1.94. The molecule has 1 N–H and O–H groups in total. The Morgan fingerprint density at radius 1 is 1.42 bits per heavy atom. The average molecular weight is 343 g/mol. The van der Waals surface area contributed by atoms with Crippen LogP contribution < -0.4 is 10.1 Å². The van der Waals surface area contributed by atoms with Crippen LogP contribution in [0.25, 0.3) is 0 Å². The zero-order valence-electron chi connectivity index (χ0n) is 9.85. The molecule has 5 nitrogen and oxygen atoms in total. The summed E-state index contributed by atoms with van der Waals surface area (Å²) >= 11 is 9.01. The molecule has 19 heavy (non-hydrogen) atoms. The smallest absolute Gasteiger partial charge is 0.275 e. The van der Waals surface area contributed by atoms with E-state index >= 15 is 0 Å². The van der Waals surface area contributed by atoms with Crippen molar-refractivity contribution in [3.05, 3.63) is 45.9 Å². The molecule has 1 aromatic carbocycles. The SMILES string of the molecule is COc1cc(NC(=O)c2cncc(Cl)n2)ccc1Br. The van der Waals surface area contributed by atoms with Crippen LogP contribution in [-0.2, 0) is 0 Å². The number of methoxy groups -OCH3 is 1. The van der Waals surface area contributed by atoms with E-state index in [-0.39, 0.29) is 16.8 Å². The molecule has 1 aromatic heterocycles. The van der Waals surface area contributed by atoms with Crippen molar-refractivity contribution in [3.63, 3.8) is 0 Å². The second-order valence-electron chi connectivity index (χ2n) is 3.53. The Kier molecular flexibility index (Phi) is 4.34. The van der Waals surface area contributed by atoms with Gasteiger partial charge in [-0.1, -0.05) is 11.6 Å². The maximum absolute atomic E-state index is 11.9. The Bertz CT molecular complexity index is 622. The predicted molar refractivity (Wildman–Crippen MR) is 75.7 cm³/mol. The number of halogens is 2. The van der Waals surface area contributed by atoms with Gasteiger partial charge in [-0.15, -0.1) is 0 Å². The summed E-state index contributed by atoms with van der Waals surface area (Å²) < 4.78 is 5.95. The lowest BCUT2D eigenvalue weighted by molar-refractivity contribution is 0.102. The molecule has 0 unspecified atom stereocenters. The summed E-state index contributed by atoms with van der Waals surface area (Å²) in [5.41, 5.74) is 0.737. The fraction of sp³-hybridized carbons (Fsp3) is 0.0833. The minimum atomic E-state index is -0.389. The zero-order valence-corrected chi connectivity index (χ0v) is 12.2. The highest BCUT2D eigenvalue weighted by Crippen LogP contribution is 2.27. The lowest BCUT2D eigenvalue weighted by atomic mass is 10.3. The van der Waals surface area contributed by atoms with Gasteiger partial charge in [-0.2, -0.15) is 0 Å². The van der Waals surface area contributed by atoms with Crippen molar-refractivity contribution < 1.29 is 9.53 Å². The van der Waals surface area contributed by atoms with Gasteiger partial charge in [-0.25, -0.2) is 4.98 Å². The van der Waals surface area contributed by atoms with Gasteiger partial charge in [0.15, 0.2) is 0 Å². The number of ether oxygens (including phenoxy) is 1. The third kappa shape index (κ3) is 3.42. The fourth-order valence-electron chi connectivity index (χ4n) is 1.38. The van der Waals surface area contributed by atoms with E-state index in [2.05, 4.69) is 31.2 Å². The number of amides is 1. The van der Waals surface area contributed by atoms with Gasteiger partial charge in [-0.05, 0) is 28.1 Å². The predicted octanol–water partition coefficient (Wildman–Crippen LogP) is 3.15. The van der Waals surface area contributed by atoms with Crippen LogP contribution in [0.5, 0.6) is 5.75 Å². The molecular weight excluding hydrogens is 334 g/mol. The zero-order chi connectivity index (χ0) is 13.8. The largest absolute Gasteiger partial charge is 0.495 e. The molecule has 0 aliphatic carbocycles. The highest BCUT2D eigenvalue weighted by molar-refractivity contribution is 9.10. The number of benzene rings is 1. The summed E-state index contributed by atoms with van der Waals surface area (Å²) in [6.45, 7) is 0. The molecule has 0 spiro atoms. The van der Waals surface area contributed by atoms with Crippen LogP contribution in [-0.4, -0.2) is 23.0 Å². The molecule has 2 rings (SSSR count). The third-order valence-electron chi connectivity index (χ3n) is 2.25. The van der Waals surface area contributed by atoms with Crippen molar-refractivity contribution in [2.45, 2.75) is 0 Å². The maximum Gasteiger partial charge on any atom is 0.275 e. The molecule has 2 aromatic rings. The van der Waals surface area contributed by atoms with Crippen LogP contribution in [0.15, 0.2) is 35.1 Å². The van der Waals surface area contributed by atoms with Crippen LogP contribution in [0.1, 0.15) is 10.5 Å². The van der Waals surface area contributed by atoms with Gasteiger partial charge in [0, 0.05) is 11.8 Å². The molecule has 1 amide bonds. The molecule has 98 valence electrons. The summed E-state index contributed by atoms with van der Waals surface area (Å²) in [5, 5.41) is 2.85. The molecule has 0 radical (unpaired) electrons. The standard InChI is InChI=1S/C12H9BrClN3O2/c1-19-10-4-7(2-3-8(10)13)16-12(18)9-5-15-6-11(14)17-9/h2-6H,1H3,(H,16,18). The number of hydrogen-bond donors (Lipinski definition) is 1. The minimum Gasteiger partial charge on any atom is -0.495 e. The molecule has 7 heteroatoms.